The van der Waals surface area contributed by atoms with Crippen LogP contribution in [-0.2, 0) is 13.2 Å². The van der Waals surface area contributed by atoms with Crippen molar-refractivity contribution in [3.63, 3.8) is 0 Å². The van der Waals surface area contributed by atoms with Gasteiger partial charge in [-0.1, -0.05) is 25.1 Å². The van der Waals surface area contributed by atoms with Crippen molar-refractivity contribution in [2.45, 2.75) is 60.2 Å². The van der Waals surface area contributed by atoms with Crippen molar-refractivity contribution >= 4 is 17.2 Å². The maximum atomic E-state index is 13.3. The molecule has 0 N–H and O–H groups in total. The number of hydrogen-bond donors (Lipinski definition) is 0. The third-order valence-electron chi connectivity index (χ3n) is 5.77. The van der Waals surface area contributed by atoms with Gasteiger partial charge in [0.15, 0.2) is 0 Å². The summed E-state index contributed by atoms with van der Waals surface area (Å²) in [5.74, 6) is 1.43. The molecule has 5 nitrogen and oxygen atoms in total. The molecule has 0 saturated carbocycles. The Morgan fingerprint density at radius 2 is 1.91 bits per heavy atom. The van der Waals surface area contributed by atoms with Crippen LogP contribution >= 0.6 is 11.3 Å². The van der Waals surface area contributed by atoms with Crippen LogP contribution in [-0.4, -0.2) is 28.9 Å². The minimum Gasteiger partial charge on any atom is -0.496 e. The predicted molar refractivity (Wildman–Crippen MR) is 130 cm³/mol. The normalized spacial score (nSPS) is 11.8. The molecule has 2 aromatic carbocycles. The molecule has 170 valence electrons. The molecule has 0 spiro atoms. The molecule has 0 aliphatic heterocycles. The second-order valence-electron chi connectivity index (χ2n) is 8.12. The SMILES string of the molecule is CC[C@@H](C)N(Cc1csc(COc2cc(C)cc(C)c2C)n1)C(=O)c1ccccc1OC. The molecular weight excluding hydrogens is 420 g/mol. The summed E-state index contributed by atoms with van der Waals surface area (Å²) in [6.45, 7) is 11.3. The second-order valence-corrected chi connectivity index (χ2v) is 9.06. The van der Waals surface area contributed by atoms with E-state index in [-0.39, 0.29) is 11.9 Å². The van der Waals surface area contributed by atoms with Gasteiger partial charge in [-0.25, -0.2) is 4.98 Å². The largest absolute Gasteiger partial charge is 0.496 e. The molecule has 0 aliphatic rings. The Labute approximate surface area is 195 Å². The first-order chi connectivity index (χ1) is 15.3. The van der Waals surface area contributed by atoms with E-state index >= 15 is 0 Å². The van der Waals surface area contributed by atoms with Gasteiger partial charge in [0.1, 0.15) is 23.1 Å². The smallest absolute Gasteiger partial charge is 0.258 e. The van der Waals surface area contributed by atoms with E-state index in [0.29, 0.717) is 24.5 Å². The van der Waals surface area contributed by atoms with E-state index in [4.69, 9.17) is 14.5 Å². The van der Waals surface area contributed by atoms with Crippen LogP contribution < -0.4 is 9.47 Å². The van der Waals surface area contributed by atoms with E-state index in [2.05, 4.69) is 46.8 Å². The number of aromatic nitrogens is 1. The first kappa shape index (κ1) is 23.8. The lowest BCUT2D eigenvalue weighted by atomic mass is 10.1. The summed E-state index contributed by atoms with van der Waals surface area (Å²) in [6.07, 6.45) is 0.854. The molecule has 0 saturated heterocycles. The maximum absolute atomic E-state index is 13.3. The van der Waals surface area contributed by atoms with Crippen molar-refractivity contribution in [2.75, 3.05) is 7.11 Å². The van der Waals surface area contributed by atoms with Crippen LogP contribution in [0.25, 0.3) is 0 Å². The van der Waals surface area contributed by atoms with Gasteiger partial charge in [0.2, 0.25) is 0 Å². The number of rotatable bonds is 9. The fourth-order valence-corrected chi connectivity index (χ4v) is 4.27. The number of aryl methyl sites for hydroxylation is 2. The molecule has 3 rings (SSSR count). The third kappa shape index (κ3) is 5.49. The highest BCUT2D eigenvalue weighted by Crippen LogP contribution is 2.26. The number of hydrogen-bond acceptors (Lipinski definition) is 5. The van der Waals surface area contributed by atoms with Crippen LogP contribution in [0, 0.1) is 20.8 Å². The Bertz CT molecular complexity index is 1080. The van der Waals surface area contributed by atoms with Crippen LogP contribution in [0.1, 0.15) is 58.0 Å². The van der Waals surface area contributed by atoms with Crippen molar-refractivity contribution < 1.29 is 14.3 Å². The van der Waals surface area contributed by atoms with E-state index in [1.54, 1.807) is 18.4 Å². The molecular formula is C26H32N2O3S. The summed E-state index contributed by atoms with van der Waals surface area (Å²) in [4.78, 5) is 20.0. The van der Waals surface area contributed by atoms with Gasteiger partial charge < -0.3 is 14.4 Å². The maximum Gasteiger partial charge on any atom is 0.258 e. The Hall–Kier alpha value is -2.86. The number of methoxy groups -OCH3 is 1. The fraction of sp³-hybridized carbons (Fsp3) is 0.385. The van der Waals surface area contributed by atoms with Crippen LogP contribution in [0.15, 0.2) is 41.8 Å². The average Bonchev–Trinajstić information content (AvgIpc) is 3.25. The molecule has 0 aliphatic carbocycles. The van der Waals surface area contributed by atoms with Crippen molar-refractivity contribution in [1.82, 2.24) is 9.88 Å². The third-order valence-corrected chi connectivity index (χ3v) is 6.64. The number of carbonyl (C=O) groups is 1. The van der Waals surface area contributed by atoms with E-state index in [1.807, 2.05) is 34.5 Å². The Kier molecular flexibility index (Phi) is 7.91. The number of thiazole rings is 1. The summed E-state index contributed by atoms with van der Waals surface area (Å²) in [7, 11) is 1.59. The number of nitrogens with zero attached hydrogens (tertiary/aromatic N) is 2. The first-order valence-electron chi connectivity index (χ1n) is 10.9. The first-order valence-corrected chi connectivity index (χ1v) is 11.8. The van der Waals surface area contributed by atoms with Gasteiger partial charge in [0.25, 0.3) is 5.91 Å². The highest BCUT2D eigenvalue weighted by molar-refractivity contribution is 7.09. The summed E-state index contributed by atoms with van der Waals surface area (Å²) in [5.41, 5.74) is 4.99. The van der Waals surface area contributed by atoms with Gasteiger partial charge in [0.05, 0.1) is 24.9 Å². The quantitative estimate of drug-likeness (QED) is 0.394. The van der Waals surface area contributed by atoms with Gasteiger partial charge in [0, 0.05) is 11.4 Å². The number of para-hydroxylation sites is 1. The highest BCUT2D eigenvalue weighted by atomic mass is 32.1. The Balaban J connectivity index is 1.74. The zero-order valence-corrected chi connectivity index (χ0v) is 20.6. The Morgan fingerprint density at radius 3 is 2.62 bits per heavy atom. The van der Waals surface area contributed by atoms with Gasteiger partial charge in [-0.3, -0.25) is 4.79 Å². The van der Waals surface area contributed by atoms with E-state index < -0.39 is 0 Å². The molecule has 32 heavy (non-hydrogen) atoms. The molecule has 1 atom stereocenters. The molecule has 1 amide bonds. The van der Waals surface area contributed by atoms with E-state index in [0.717, 1.165) is 28.4 Å². The predicted octanol–water partition coefficient (Wildman–Crippen LogP) is 6.10. The summed E-state index contributed by atoms with van der Waals surface area (Å²) >= 11 is 1.56. The van der Waals surface area contributed by atoms with E-state index in [1.165, 1.54) is 11.1 Å². The molecule has 0 bridgehead atoms. The van der Waals surface area contributed by atoms with Crippen LogP contribution in [0.3, 0.4) is 0 Å². The van der Waals surface area contributed by atoms with Gasteiger partial charge in [-0.2, -0.15) is 0 Å². The summed E-state index contributed by atoms with van der Waals surface area (Å²) in [5, 5.41) is 2.91. The molecule has 1 heterocycles. The zero-order valence-electron chi connectivity index (χ0n) is 19.8. The monoisotopic (exact) mass is 452 g/mol. The highest BCUT2D eigenvalue weighted by Gasteiger charge is 2.24. The molecule has 0 radical (unpaired) electrons. The second kappa shape index (κ2) is 10.6. The lowest BCUT2D eigenvalue weighted by Crippen LogP contribution is -2.38. The number of benzene rings is 2. The van der Waals surface area contributed by atoms with Gasteiger partial charge in [-0.15, -0.1) is 11.3 Å². The number of carbonyl (C=O) groups excluding carboxylic acids is 1. The van der Waals surface area contributed by atoms with Crippen LogP contribution in [0.5, 0.6) is 11.5 Å². The molecule has 0 fully saturated rings. The summed E-state index contributed by atoms with van der Waals surface area (Å²) in [6, 6.07) is 11.6. The topological polar surface area (TPSA) is 51.7 Å². The van der Waals surface area contributed by atoms with Crippen LogP contribution in [0.2, 0.25) is 0 Å². The Morgan fingerprint density at radius 1 is 1.16 bits per heavy atom. The van der Waals surface area contributed by atoms with Crippen molar-refractivity contribution in [1.29, 1.82) is 0 Å². The van der Waals surface area contributed by atoms with Crippen molar-refractivity contribution in [2.24, 2.45) is 0 Å². The number of amides is 1. The molecule has 1 aromatic heterocycles. The van der Waals surface area contributed by atoms with Crippen molar-refractivity contribution in [3.8, 4) is 11.5 Å². The molecule has 6 heteroatoms. The average molecular weight is 453 g/mol. The van der Waals surface area contributed by atoms with Gasteiger partial charge in [-0.05, 0) is 69.0 Å². The molecule has 0 unspecified atom stereocenters. The summed E-state index contributed by atoms with van der Waals surface area (Å²) < 4.78 is 11.5. The minimum atomic E-state index is -0.0477. The molecule has 3 aromatic rings. The van der Waals surface area contributed by atoms with Gasteiger partial charge >= 0.3 is 0 Å². The standard InChI is InChI=1S/C26H32N2O3S/c1-7-19(4)28(26(29)22-10-8-9-11-23(22)30-6)14-21-16-32-25(27-21)15-31-24-13-17(2)12-18(3)20(24)5/h8-13,16,19H,7,14-15H2,1-6H3/t19-/m1/s1. The van der Waals surface area contributed by atoms with Crippen LogP contribution in [0.4, 0.5) is 0 Å². The number of ether oxygens (including phenoxy) is 2. The zero-order chi connectivity index (χ0) is 23.3. The van der Waals surface area contributed by atoms with E-state index in [9.17, 15) is 4.79 Å². The lowest BCUT2D eigenvalue weighted by Gasteiger charge is -2.28. The lowest BCUT2D eigenvalue weighted by molar-refractivity contribution is 0.0665. The minimum absolute atomic E-state index is 0.0477. The fourth-order valence-electron chi connectivity index (χ4n) is 3.58. The van der Waals surface area contributed by atoms with Crippen molar-refractivity contribution in [3.05, 3.63) is 74.7 Å².